The van der Waals surface area contributed by atoms with Gasteiger partial charge in [-0.15, -0.1) is 0 Å². The fourth-order valence-electron chi connectivity index (χ4n) is 1.000. The van der Waals surface area contributed by atoms with Crippen molar-refractivity contribution in [3.8, 4) is 5.75 Å². The highest BCUT2D eigenvalue weighted by Gasteiger charge is 2.08. The van der Waals surface area contributed by atoms with Gasteiger partial charge < -0.3 is 9.84 Å². The highest BCUT2D eigenvalue weighted by Crippen LogP contribution is 2.23. The van der Waals surface area contributed by atoms with E-state index in [1.807, 2.05) is 19.1 Å². The molecule has 80 valence electrons. The molecule has 0 bridgehead atoms. The molecule has 1 rings (SSSR count). The minimum atomic E-state index is -0.957. The van der Waals surface area contributed by atoms with Gasteiger partial charge in [0, 0.05) is 4.47 Å². The molecule has 0 aliphatic rings. The van der Waals surface area contributed by atoms with Gasteiger partial charge in [0.1, 0.15) is 12.4 Å². The van der Waals surface area contributed by atoms with Crippen molar-refractivity contribution in [3.63, 3.8) is 0 Å². The molecule has 0 atom stereocenters. The van der Waals surface area contributed by atoms with Crippen molar-refractivity contribution >= 4 is 21.9 Å². The molecule has 0 amide bonds. The molecule has 0 heterocycles. The molecule has 1 N–H and O–H groups in total. The summed E-state index contributed by atoms with van der Waals surface area (Å²) in [6, 6.07) is 4.79. The second kappa shape index (κ2) is 5.56. The number of hydrogen-bond donors (Lipinski definition) is 1. The van der Waals surface area contributed by atoms with E-state index in [0.29, 0.717) is 16.8 Å². The van der Waals surface area contributed by atoms with Crippen LogP contribution in [0.2, 0.25) is 0 Å². The van der Waals surface area contributed by atoms with Gasteiger partial charge in [-0.2, -0.15) is 0 Å². The van der Waals surface area contributed by atoms with Gasteiger partial charge in [-0.25, -0.2) is 4.79 Å². The predicted octanol–water partition coefficient (Wildman–Crippen LogP) is 3.10. The van der Waals surface area contributed by atoms with Crippen LogP contribution in [0.25, 0.3) is 0 Å². The maximum atomic E-state index is 10.7. The van der Waals surface area contributed by atoms with Crippen LogP contribution in [-0.4, -0.2) is 17.7 Å². The number of carbonyl (C=O) groups is 1. The molecular weight excluding hydrogens is 260 g/mol. The van der Waals surface area contributed by atoms with Gasteiger partial charge in [0.15, 0.2) is 0 Å². The Labute approximate surface area is 96.5 Å². The molecule has 0 fully saturated rings. The zero-order valence-electron chi connectivity index (χ0n) is 8.24. The van der Waals surface area contributed by atoms with Gasteiger partial charge in [-0.1, -0.05) is 12.2 Å². The van der Waals surface area contributed by atoms with Crippen molar-refractivity contribution in [2.24, 2.45) is 0 Å². The van der Waals surface area contributed by atoms with Gasteiger partial charge in [0.05, 0.1) is 5.56 Å². The highest BCUT2D eigenvalue weighted by molar-refractivity contribution is 9.10. The monoisotopic (exact) mass is 270 g/mol. The van der Waals surface area contributed by atoms with Gasteiger partial charge in [0.2, 0.25) is 0 Å². The Kier molecular flexibility index (Phi) is 4.37. The van der Waals surface area contributed by atoms with Crippen molar-refractivity contribution in [2.75, 3.05) is 6.61 Å². The third-order valence-electron chi connectivity index (χ3n) is 1.75. The van der Waals surface area contributed by atoms with Crippen LogP contribution in [0, 0.1) is 0 Å². The molecule has 4 heteroatoms. The number of carboxylic acid groups (broad SMARTS) is 1. The van der Waals surface area contributed by atoms with Crippen molar-refractivity contribution in [1.29, 1.82) is 0 Å². The van der Waals surface area contributed by atoms with Crippen LogP contribution in [0.15, 0.2) is 34.8 Å². The molecule has 0 aliphatic carbocycles. The molecule has 0 radical (unpaired) electrons. The lowest BCUT2D eigenvalue weighted by molar-refractivity contribution is 0.0696. The Morgan fingerprint density at radius 3 is 2.87 bits per heavy atom. The van der Waals surface area contributed by atoms with Crippen molar-refractivity contribution in [3.05, 3.63) is 40.4 Å². The van der Waals surface area contributed by atoms with E-state index in [9.17, 15) is 4.79 Å². The van der Waals surface area contributed by atoms with Crippen LogP contribution in [0.5, 0.6) is 5.75 Å². The average Bonchev–Trinajstić information content (AvgIpc) is 2.17. The lowest BCUT2D eigenvalue weighted by atomic mass is 10.2. The molecular formula is C11H11BrO3. The van der Waals surface area contributed by atoms with E-state index in [4.69, 9.17) is 9.84 Å². The summed E-state index contributed by atoms with van der Waals surface area (Å²) < 4.78 is 5.87. The number of aromatic carboxylic acids is 1. The Hall–Kier alpha value is -1.29. The molecule has 15 heavy (non-hydrogen) atoms. The van der Waals surface area contributed by atoms with E-state index in [2.05, 4.69) is 15.9 Å². The fraction of sp³-hybridized carbons (Fsp3) is 0.182. The van der Waals surface area contributed by atoms with Gasteiger partial charge in [-0.05, 0) is 41.1 Å². The van der Waals surface area contributed by atoms with E-state index in [1.165, 1.54) is 6.07 Å². The van der Waals surface area contributed by atoms with Crippen molar-refractivity contribution < 1.29 is 14.6 Å². The SMILES string of the molecule is C/C=C/COc1ccc(C(=O)O)c(Br)c1. The van der Waals surface area contributed by atoms with Crippen LogP contribution in [0.3, 0.4) is 0 Å². The topological polar surface area (TPSA) is 46.5 Å². The van der Waals surface area contributed by atoms with Crippen LogP contribution in [0.1, 0.15) is 17.3 Å². The standard InChI is InChI=1S/C11H11BrO3/c1-2-3-6-15-8-4-5-9(11(13)14)10(12)7-8/h2-5,7H,6H2,1H3,(H,13,14)/b3-2+. The van der Waals surface area contributed by atoms with Crippen LogP contribution >= 0.6 is 15.9 Å². The van der Waals surface area contributed by atoms with E-state index >= 15 is 0 Å². The lowest BCUT2D eigenvalue weighted by Crippen LogP contribution is -1.99. The average molecular weight is 271 g/mol. The van der Waals surface area contributed by atoms with Crippen LogP contribution in [0.4, 0.5) is 0 Å². The Balaban J connectivity index is 2.77. The van der Waals surface area contributed by atoms with E-state index < -0.39 is 5.97 Å². The maximum Gasteiger partial charge on any atom is 0.336 e. The molecule has 0 aromatic heterocycles. The maximum absolute atomic E-state index is 10.7. The largest absolute Gasteiger partial charge is 0.490 e. The first-order valence-corrected chi connectivity index (χ1v) is 5.21. The zero-order chi connectivity index (χ0) is 11.3. The first kappa shape index (κ1) is 11.8. The summed E-state index contributed by atoms with van der Waals surface area (Å²) in [6.07, 6.45) is 3.76. The molecule has 0 spiro atoms. The number of carboxylic acids is 1. The molecule has 1 aromatic carbocycles. The summed E-state index contributed by atoms with van der Waals surface area (Å²) in [5.74, 6) is -0.313. The minimum absolute atomic E-state index is 0.230. The quantitative estimate of drug-likeness (QED) is 0.856. The molecule has 1 aromatic rings. The minimum Gasteiger partial charge on any atom is -0.490 e. The van der Waals surface area contributed by atoms with E-state index in [0.717, 1.165) is 0 Å². The Morgan fingerprint density at radius 2 is 2.33 bits per heavy atom. The smallest absolute Gasteiger partial charge is 0.336 e. The Bertz CT molecular complexity index is 385. The number of benzene rings is 1. The summed E-state index contributed by atoms with van der Waals surface area (Å²) in [6.45, 7) is 2.39. The number of halogens is 1. The number of hydrogen-bond acceptors (Lipinski definition) is 2. The third kappa shape index (κ3) is 3.40. The van der Waals surface area contributed by atoms with Crippen molar-refractivity contribution in [1.82, 2.24) is 0 Å². The summed E-state index contributed by atoms with van der Waals surface area (Å²) in [4.78, 5) is 10.7. The summed E-state index contributed by atoms with van der Waals surface area (Å²) >= 11 is 3.18. The molecule has 0 saturated carbocycles. The second-order valence-corrected chi connectivity index (χ2v) is 3.68. The molecule has 0 unspecified atom stereocenters. The second-order valence-electron chi connectivity index (χ2n) is 2.83. The summed E-state index contributed by atoms with van der Waals surface area (Å²) in [7, 11) is 0. The predicted molar refractivity (Wildman–Crippen MR) is 61.4 cm³/mol. The highest BCUT2D eigenvalue weighted by atomic mass is 79.9. The number of ether oxygens (including phenoxy) is 1. The molecule has 0 saturated heterocycles. The third-order valence-corrected chi connectivity index (χ3v) is 2.41. The number of allylic oxidation sites excluding steroid dienone is 1. The normalized spacial score (nSPS) is 10.5. The van der Waals surface area contributed by atoms with E-state index in [1.54, 1.807) is 12.1 Å². The zero-order valence-corrected chi connectivity index (χ0v) is 9.82. The molecule has 0 aliphatic heterocycles. The van der Waals surface area contributed by atoms with Crippen LogP contribution < -0.4 is 4.74 Å². The molecule has 3 nitrogen and oxygen atoms in total. The summed E-state index contributed by atoms with van der Waals surface area (Å²) in [5, 5.41) is 8.79. The first-order chi connectivity index (χ1) is 7.15. The van der Waals surface area contributed by atoms with Gasteiger partial charge in [-0.3, -0.25) is 0 Å². The van der Waals surface area contributed by atoms with Gasteiger partial charge in [0.25, 0.3) is 0 Å². The number of rotatable bonds is 4. The Morgan fingerprint density at radius 1 is 1.60 bits per heavy atom. The lowest BCUT2D eigenvalue weighted by Gasteiger charge is -2.05. The fourth-order valence-corrected chi connectivity index (χ4v) is 1.53. The van der Waals surface area contributed by atoms with Crippen molar-refractivity contribution in [2.45, 2.75) is 6.92 Å². The van der Waals surface area contributed by atoms with E-state index in [-0.39, 0.29) is 5.56 Å². The summed E-state index contributed by atoms with van der Waals surface area (Å²) in [5.41, 5.74) is 0.230. The first-order valence-electron chi connectivity index (χ1n) is 4.42. The van der Waals surface area contributed by atoms with Crippen LogP contribution in [-0.2, 0) is 0 Å². The van der Waals surface area contributed by atoms with Gasteiger partial charge >= 0.3 is 5.97 Å².